The molecule has 4 nitrogen and oxygen atoms in total. The van der Waals surface area contributed by atoms with E-state index in [0.717, 1.165) is 44.3 Å². The van der Waals surface area contributed by atoms with Gasteiger partial charge in [-0.3, -0.25) is 4.79 Å². The number of hydrogen-bond acceptors (Lipinski definition) is 3. The normalized spacial score (nSPS) is 16.1. The van der Waals surface area contributed by atoms with Gasteiger partial charge in [0, 0.05) is 52.0 Å². The van der Waals surface area contributed by atoms with Crippen LogP contribution in [0.1, 0.15) is 6.42 Å². The molecule has 116 valence electrons. The van der Waals surface area contributed by atoms with Gasteiger partial charge in [-0.1, -0.05) is 19.6 Å². The van der Waals surface area contributed by atoms with E-state index in [4.69, 9.17) is 5.73 Å². The molecule has 1 aliphatic rings. The minimum Gasteiger partial charge on any atom is -0.399 e. The van der Waals surface area contributed by atoms with Gasteiger partial charge < -0.3 is 15.5 Å². The van der Waals surface area contributed by atoms with Crippen molar-refractivity contribution in [3.05, 3.63) is 24.3 Å². The number of anilines is 2. The largest absolute Gasteiger partial charge is 0.399 e. The van der Waals surface area contributed by atoms with Gasteiger partial charge >= 0.3 is 0 Å². The number of amides is 1. The Kier molecular flexibility index (Phi) is 4.93. The molecule has 1 amide bonds. The van der Waals surface area contributed by atoms with Crippen molar-refractivity contribution >= 4 is 25.4 Å². The Morgan fingerprint density at radius 3 is 2.19 bits per heavy atom. The minimum atomic E-state index is -1.12. The molecular weight excluding hydrogens is 278 g/mol. The Hall–Kier alpha value is -1.49. The Balaban J connectivity index is 1.82. The van der Waals surface area contributed by atoms with Crippen molar-refractivity contribution in [1.82, 2.24) is 4.90 Å². The third-order valence-corrected chi connectivity index (χ3v) is 5.73. The van der Waals surface area contributed by atoms with E-state index in [-0.39, 0.29) is 0 Å². The molecule has 0 unspecified atom stereocenters. The van der Waals surface area contributed by atoms with E-state index in [1.165, 1.54) is 5.69 Å². The first kappa shape index (κ1) is 15.9. The highest BCUT2D eigenvalue weighted by Gasteiger charge is 2.23. The average molecular weight is 305 g/mol. The lowest BCUT2D eigenvalue weighted by molar-refractivity contribution is -0.131. The molecule has 2 rings (SSSR count). The topological polar surface area (TPSA) is 49.6 Å². The van der Waals surface area contributed by atoms with Gasteiger partial charge in [0.15, 0.2) is 0 Å². The maximum Gasteiger partial charge on any atom is 0.222 e. The lowest BCUT2D eigenvalue weighted by Crippen LogP contribution is -2.49. The number of nitrogens with two attached hydrogens (primary N) is 1. The number of hydrogen-bond donors (Lipinski definition) is 1. The Labute approximate surface area is 128 Å². The van der Waals surface area contributed by atoms with Gasteiger partial charge in [-0.2, -0.15) is 0 Å². The summed E-state index contributed by atoms with van der Waals surface area (Å²) in [6.07, 6.45) is 0.720. The second kappa shape index (κ2) is 6.51. The standard InChI is InChI=1S/C16H27N3OSi/c1-21(2,3)13-8-16(20)19-11-9-18(10-12-19)15-6-4-14(17)5-7-15/h4-7H,8-13,17H2,1-3H3. The Morgan fingerprint density at radius 2 is 1.67 bits per heavy atom. The second-order valence-electron chi connectivity index (χ2n) is 7.02. The molecule has 1 aromatic carbocycles. The third kappa shape index (κ3) is 4.77. The van der Waals surface area contributed by atoms with Crippen molar-refractivity contribution < 1.29 is 4.79 Å². The second-order valence-corrected chi connectivity index (χ2v) is 12.6. The van der Waals surface area contributed by atoms with E-state index in [1.54, 1.807) is 0 Å². The number of carbonyl (C=O) groups is 1. The summed E-state index contributed by atoms with van der Waals surface area (Å²) in [5, 5.41) is 0. The molecular formula is C16H27N3OSi. The van der Waals surface area contributed by atoms with Gasteiger partial charge in [0.05, 0.1) is 0 Å². The van der Waals surface area contributed by atoms with Crippen molar-refractivity contribution in [3.63, 3.8) is 0 Å². The Morgan fingerprint density at radius 1 is 1.10 bits per heavy atom. The van der Waals surface area contributed by atoms with Crippen LogP contribution in [-0.2, 0) is 4.79 Å². The van der Waals surface area contributed by atoms with E-state index in [9.17, 15) is 4.79 Å². The molecule has 5 heteroatoms. The molecule has 0 aromatic heterocycles. The summed E-state index contributed by atoms with van der Waals surface area (Å²) >= 11 is 0. The Bertz CT molecular complexity index is 473. The zero-order valence-electron chi connectivity index (χ0n) is 13.4. The molecule has 1 saturated heterocycles. The molecule has 1 aromatic rings. The van der Waals surface area contributed by atoms with Gasteiger partial charge in [-0.25, -0.2) is 0 Å². The molecule has 0 spiro atoms. The predicted molar refractivity (Wildman–Crippen MR) is 92.4 cm³/mol. The van der Waals surface area contributed by atoms with Crippen molar-refractivity contribution in [2.75, 3.05) is 36.8 Å². The molecule has 0 aliphatic carbocycles. The summed E-state index contributed by atoms with van der Waals surface area (Å²) < 4.78 is 0. The van der Waals surface area contributed by atoms with Crippen LogP contribution < -0.4 is 10.6 Å². The fraction of sp³-hybridized carbons (Fsp3) is 0.562. The highest BCUT2D eigenvalue weighted by Crippen LogP contribution is 2.19. The first-order valence-electron chi connectivity index (χ1n) is 7.73. The van der Waals surface area contributed by atoms with Gasteiger partial charge in [0.1, 0.15) is 0 Å². The molecule has 1 heterocycles. The van der Waals surface area contributed by atoms with Crippen molar-refractivity contribution in [2.24, 2.45) is 0 Å². The number of rotatable bonds is 4. The zero-order chi connectivity index (χ0) is 15.5. The summed E-state index contributed by atoms with van der Waals surface area (Å²) in [6.45, 7) is 10.4. The van der Waals surface area contributed by atoms with Crippen LogP contribution in [0.3, 0.4) is 0 Å². The fourth-order valence-corrected chi connectivity index (χ4v) is 3.50. The summed E-state index contributed by atoms with van der Waals surface area (Å²) in [5.41, 5.74) is 7.70. The lowest BCUT2D eigenvalue weighted by Gasteiger charge is -2.36. The van der Waals surface area contributed by atoms with Gasteiger partial charge in [0.2, 0.25) is 5.91 Å². The number of carbonyl (C=O) groups excluding carboxylic acids is 1. The van der Waals surface area contributed by atoms with Gasteiger partial charge in [0.25, 0.3) is 0 Å². The molecule has 1 aliphatic heterocycles. The monoisotopic (exact) mass is 305 g/mol. The van der Waals surface area contributed by atoms with E-state index in [0.29, 0.717) is 5.91 Å². The van der Waals surface area contributed by atoms with E-state index >= 15 is 0 Å². The lowest BCUT2D eigenvalue weighted by atomic mass is 10.2. The van der Waals surface area contributed by atoms with Crippen molar-refractivity contribution in [1.29, 1.82) is 0 Å². The predicted octanol–water partition coefficient (Wildman–Crippen LogP) is 2.65. The molecule has 1 fully saturated rings. The summed E-state index contributed by atoms with van der Waals surface area (Å²) in [7, 11) is -1.12. The molecule has 0 atom stereocenters. The smallest absolute Gasteiger partial charge is 0.222 e. The molecule has 0 bridgehead atoms. The number of piperazine rings is 1. The first-order valence-corrected chi connectivity index (χ1v) is 11.4. The number of nitrogen functional groups attached to an aromatic ring is 1. The van der Waals surface area contributed by atoms with Gasteiger partial charge in [-0.05, 0) is 30.3 Å². The number of benzene rings is 1. The van der Waals surface area contributed by atoms with Crippen LogP contribution in [0.15, 0.2) is 24.3 Å². The maximum absolute atomic E-state index is 12.2. The van der Waals surface area contributed by atoms with E-state index in [1.807, 2.05) is 17.0 Å². The highest BCUT2D eigenvalue weighted by atomic mass is 28.3. The number of nitrogens with zero attached hydrogens (tertiary/aromatic N) is 2. The average Bonchev–Trinajstić information content (AvgIpc) is 2.45. The summed E-state index contributed by atoms with van der Waals surface area (Å²) in [4.78, 5) is 16.6. The summed E-state index contributed by atoms with van der Waals surface area (Å²) in [5.74, 6) is 0.328. The molecule has 0 radical (unpaired) electrons. The van der Waals surface area contributed by atoms with Crippen molar-refractivity contribution in [3.8, 4) is 0 Å². The van der Waals surface area contributed by atoms with E-state index in [2.05, 4.69) is 36.7 Å². The SMILES string of the molecule is C[Si](C)(C)CCC(=O)N1CCN(c2ccc(N)cc2)CC1. The van der Waals surface area contributed by atoms with Gasteiger partial charge in [-0.15, -0.1) is 0 Å². The minimum absolute atomic E-state index is 0.328. The molecule has 0 saturated carbocycles. The maximum atomic E-state index is 12.2. The molecule has 2 N–H and O–H groups in total. The van der Waals surface area contributed by atoms with Crippen LogP contribution >= 0.6 is 0 Å². The quantitative estimate of drug-likeness (QED) is 0.687. The van der Waals surface area contributed by atoms with E-state index < -0.39 is 8.07 Å². The third-order valence-electron chi connectivity index (χ3n) is 3.98. The highest BCUT2D eigenvalue weighted by molar-refractivity contribution is 6.76. The molecule has 21 heavy (non-hydrogen) atoms. The van der Waals surface area contributed by atoms with Crippen LogP contribution in [0.5, 0.6) is 0 Å². The first-order chi connectivity index (χ1) is 9.85. The van der Waals surface area contributed by atoms with Crippen LogP contribution in [0, 0.1) is 0 Å². The van der Waals surface area contributed by atoms with Crippen LogP contribution in [0.2, 0.25) is 25.7 Å². The van der Waals surface area contributed by atoms with Crippen LogP contribution in [0.25, 0.3) is 0 Å². The summed E-state index contributed by atoms with van der Waals surface area (Å²) in [6, 6.07) is 9.06. The zero-order valence-corrected chi connectivity index (χ0v) is 14.4. The van der Waals surface area contributed by atoms with Crippen LogP contribution in [0.4, 0.5) is 11.4 Å². The van der Waals surface area contributed by atoms with Crippen molar-refractivity contribution in [2.45, 2.75) is 32.1 Å². The van der Waals surface area contributed by atoms with Crippen LogP contribution in [-0.4, -0.2) is 45.1 Å². The fourth-order valence-electron chi connectivity index (χ4n) is 2.54.